The van der Waals surface area contributed by atoms with Gasteiger partial charge in [0.15, 0.2) is 17.5 Å². The van der Waals surface area contributed by atoms with Gasteiger partial charge in [0.1, 0.15) is 0 Å². The molecule has 0 amide bonds. The minimum atomic E-state index is -0.621. The number of nitriles is 1. The van der Waals surface area contributed by atoms with Crippen LogP contribution in [0.5, 0.6) is 0 Å². The van der Waals surface area contributed by atoms with Crippen LogP contribution < -0.4 is 0 Å². The van der Waals surface area contributed by atoms with Crippen LogP contribution in [-0.2, 0) is 5.41 Å². The predicted molar refractivity (Wildman–Crippen MR) is 229 cm³/mol. The van der Waals surface area contributed by atoms with Crippen LogP contribution in [0.25, 0.3) is 67.5 Å². The summed E-state index contributed by atoms with van der Waals surface area (Å²) in [5, 5.41) is 9.75. The molecule has 0 saturated heterocycles. The van der Waals surface area contributed by atoms with Gasteiger partial charge in [-0.1, -0.05) is 182 Å². The summed E-state index contributed by atoms with van der Waals surface area (Å²) >= 11 is 0. The highest BCUT2D eigenvalue weighted by Crippen LogP contribution is 2.58. The maximum absolute atomic E-state index is 9.75. The molecule has 0 saturated carbocycles. The lowest BCUT2D eigenvalue weighted by Crippen LogP contribution is -2.28. The molecule has 0 unspecified atom stereocenters. The van der Waals surface area contributed by atoms with Crippen LogP contribution in [0.15, 0.2) is 206 Å². The highest BCUT2D eigenvalue weighted by atomic mass is 15.0. The zero-order valence-electron chi connectivity index (χ0n) is 30.9. The SMILES string of the molecule is N#Cc1ccc(-c2cc3c(cc2-c2nc(-c4ccccc4)nc(-c4ccccc4-c4ccccc4)n2)C(c2ccccc2)(c2ccccc2)c2ccccc2-3)cc1. The van der Waals surface area contributed by atoms with Crippen molar-refractivity contribution in [2.45, 2.75) is 5.41 Å². The number of benzene rings is 8. The van der Waals surface area contributed by atoms with Crippen molar-refractivity contribution < 1.29 is 0 Å². The van der Waals surface area contributed by atoms with Gasteiger partial charge >= 0.3 is 0 Å². The van der Waals surface area contributed by atoms with Gasteiger partial charge in [-0.15, -0.1) is 0 Å². The van der Waals surface area contributed by atoms with E-state index in [0.29, 0.717) is 23.0 Å². The summed E-state index contributed by atoms with van der Waals surface area (Å²) in [4.78, 5) is 15.9. The van der Waals surface area contributed by atoms with Crippen molar-refractivity contribution in [3.8, 4) is 73.6 Å². The van der Waals surface area contributed by atoms with Gasteiger partial charge < -0.3 is 0 Å². The van der Waals surface area contributed by atoms with Gasteiger partial charge in [0.2, 0.25) is 0 Å². The zero-order chi connectivity index (χ0) is 38.2. The maximum Gasteiger partial charge on any atom is 0.164 e. The molecule has 0 spiro atoms. The number of nitrogens with zero attached hydrogens (tertiary/aromatic N) is 4. The predicted octanol–water partition coefficient (Wildman–Crippen LogP) is 12.4. The van der Waals surface area contributed by atoms with Crippen LogP contribution in [0.4, 0.5) is 0 Å². The molecule has 10 rings (SSSR count). The fourth-order valence-electron chi connectivity index (χ4n) is 8.52. The third-order valence-electron chi connectivity index (χ3n) is 11.1. The Bertz CT molecular complexity index is 2900. The third kappa shape index (κ3) is 5.73. The van der Waals surface area contributed by atoms with Gasteiger partial charge in [0, 0.05) is 16.7 Å². The van der Waals surface area contributed by atoms with Gasteiger partial charge in [0.25, 0.3) is 0 Å². The smallest absolute Gasteiger partial charge is 0.164 e. The van der Waals surface area contributed by atoms with Crippen molar-refractivity contribution in [3.05, 3.63) is 234 Å². The average Bonchev–Trinajstić information content (AvgIpc) is 3.59. The molecule has 4 nitrogen and oxygen atoms in total. The number of hydrogen-bond donors (Lipinski definition) is 0. The largest absolute Gasteiger partial charge is 0.208 e. The Morgan fingerprint density at radius 2 is 0.807 bits per heavy atom. The van der Waals surface area contributed by atoms with E-state index in [1.807, 2.05) is 66.7 Å². The Kier molecular flexibility index (Phi) is 8.39. The normalized spacial score (nSPS) is 12.3. The minimum absolute atomic E-state index is 0.565. The molecule has 0 atom stereocenters. The molecule has 0 bridgehead atoms. The molecule has 0 radical (unpaired) electrons. The van der Waals surface area contributed by atoms with E-state index in [0.717, 1.165) is 50.1 Å². The van der Waals surface area contributed by atoms with Gasteiger partial charge in [-0.2, -0.15) is 5.26 Å². The van der Waals surface area contributed by atoms with Crippen molar-refractivity contribution in [2.24, 2.45) is 0 Å². The topological polar surface area (TPSA) is 62.5 Å². The maximum atomic E-state index is 9.75. The molecule has 266 valence electrons. The Balaban J connectivity index is 1.32. The molecule has 8 aromatic carbocycles. The standard InChI is InChI=1S/C53H34N4/c54-35-36-29-31-38(32-30-36)45-33-46-43-26-15-16-28-48(43)53(40-21-9-3-10-22-40,41-23-11-4-12-24-41)49(46)34-47(45)52-56-50(39-19-7-2-8-20-39)55-51(57-52)44-27-14-13-25-42(44)37-17-5-1-6-18-37/h1-34H. The fourth-order valence-corrected chi connectivity index (χ4v) is 8.52. The summed E-state index contributed by atoms with van der Waals surface area (Å²) in [7, 11) is 0. The summed E-state index contributed by atoms with van der Waals surface area (Å²) in [5.74, 6) is 1.74. The highest BCUT2D eigenvalue weighted by molar-refractivity contribution is 5.94. The molecule has 9 aromatic rings. The lowest BCUT2D eigenvalue weighted by Gasteiger charge is -2.34. The monoisotopic (exact) mass is 726 g/mol. The van der Waals surface area contributed by atoms with E-state index in [4.69, 9.17) is 15.0 Å². The fraction of sp³-hybridized carbons (Fsp3) is 0.0189. The van der Waals surface area contributed by atoms with Crippen molar-refractivity contribution >= 4 is 0 Å². The molecule has 0 fully saturated rings. The first-order chi connectivity index (χ1) is 28.2. The second kappa shape index (κ2) is 14.2. The number of hydrogen-bond acceptors (Lipinski definition) is 4. The average molecular weight is 727 g/mol. The van der Waals surface area contributed by atoms with Crippen molar-refractivity contribution in [2.75, 3.05) is 0 Å². The molecule has 0 aliphatic heterocycles. The zero-order valence-corrected chi connectivity index (χ0v) is 30.9. The first-order valence-corrected chi connectivity index (χ1v) is 19.1. The molecular formula is C53H34N4. The van der Waals surface area contributed by atoms with Crippen LogP contribution in [0.2, 0.25) is 0 Å². The Labute approximate surface area is 332 Å². The third-order valence-corrected chi connectivity index (χ3v) is 11.1. The Morgan fingerprint density at radius 1 is 0.333 bits per heavy atom. The number of rotatable bonds is 7. The minimum Gasteiger partial charge on any atom is -0.208 e. The number of aromatic nitrogens is 3. The van der Waals surface area contributed by atoms with E-state index in [2.05, 4.69) is 146 Å². The first-order valence-electron chi connectivity index (χ1n) is 19.1. The Morgan fingerprint density at radius 3 is 1.42 bits per heavy atom. The van der Waals surface area contributed by atoms with Crippen molar-refractivity contribution in [1.82, 2.24) is 15.0 Å². The highest BCUT2D eigenvalue weighted by Gasteiger charge is 2.46. The van der Waals surface area contributed by atoms with E-state index in [1.165, 1.54) is 22.3 Å². The summed E-state index contributed by atoms with van der Waals surface area (Å²) in [5.41, 5.74) is 13.8. The second-order valence-corrected chi connectivity index (χ2v) is 14.2. The molecule has 1 aliphatic carbocycles. The molecule has 0 N–H and O–H groups in total. The lowest BCUT2D eigenvalue weighted by atomic mass is 9.67. The van der Waals surface area contributed by atoms with Gasteiger partial charge in [-0.25, -0.2) is 15.0 Å². The van der Waals surface area contributed by atoms with E-state index in [9.17, 15) is 5.26 Å². The van der Waals surface area contributed by atoms with Gasteiger partial charge in [-0.05, 0) is 79.9 Å². The summed E-state index contributed by atoms with van der Waals surface area (Å²) < 4.78 is 0. The van der Waals surface area contributed by atoms with Gasteiger partial charge in [-0.3, -0.25) is 0 Å². The quantitative estimate of drug-likeness (QED) is 0.164. The molecule has 1 heterocycles. The van der Waals surface area contributed by atoms with Gasteiger partial charge in [0.05, 0.1) is 17.0 Å². The summed E-state index contributed by atoms with van der Waals surface area (Å²) in [6, 6.07) is 73.9. The second-order valence-electron chi connectivity index (χ2n) is 14.2. The van der Waals surface area contributed by atoms with Crippen LogP contribution in [0, 0.1) is 11.3 Å². The lowest BCUT2D eigenvalue weighted by molar-refractivity contribution is 0.768. The van der Waals surface area contributed by atoms with Crippen LogP contribution >= 0.6 is 0 Å². The van der Waals surface area contributed by atoms with Crippen LogP contribution in [0.1, 0.15) is 27.8 Å². The molecule has 57 heavy (non-hydrogen) atoms. The summed E-state index contributed by atoms with van der Waals surface area (Å²) in [6.45, 7) is 0. The van der Waals surface area contributed by atoms with Crippen LogP contribution in [-0.4, -0.2) is 15.0 Å². The molecular weight excluding hydrogens is 693 g/mol. The molecule has 1 aliphatic rings. The van der Waals surface area contributed by atoms with E-state index < -0.39 is 5.41 Å². The molecule has 1 aromatic heterocycles. The van der Waals surface area contributed by atoms with E-state index in [1.54, 1.807) is 0 Å². The Hall–Kier alpha value is -7.74. The van der Waals surface area contributed by atoms with E-state index >= 15 is 0 Å². The van der Waals surface area contributed by atoms with Crippen molar-refractivity contribution in [1.29, 1.82) is 5.26 Å². The molecule has 4 heteroatoms. The van der Waals surface area contributed by atoms with Crippen molar-refractivity contribution in [3.63, 3.8) is 0 Å². The first kappa shape index (κ1) is 33.8. The summed E-state index contributed by atoms with van der Waals surface area (Å²) in [6.07, 6.45) is 0. The number of fused-ring (bicyclic) bond motifs is 3. The van der Waals surface area contributed by atoms with E-state index in [-0.39, 0.29) is 0 Å². The van der Waals surface area contributed by atoms with Crippen LogP contribution in [0.3, 0.4) is 0 Å².